The van der Waals surface area contributed by atoms with Gasteiger partial charge in [-0.1, -0.05) is 35.5 Å². The van der Waals surface area contributed by atoms with Crippen LogP contribution in [0.3, 0.4) is 0 Å². The molecule has 1 N–H and O–H groups in total. The monoisotopic (exact) mass is 298 g/mol. The van der Waals surface area contributed by atoms with E-state index < -0.39 is 5.97 Å². The predicted octanol–water partition coefficient (Wildman–Crippen LogP) is 2.01. The second-order valence-electron chi connectivity index (χ2n) is 3.90. The van der Waals surface area contributed by atoms with E-state index in [1.807, 2.05) is 25.1 Å². The third-order valence-corrected chi connectivity index (χ3v) is 3.71. The van der Waals surface area contributed by atoms with E-state index >= 15 is 0 Å². The van der Waals surface area contributed by atoms with E-state index in [2.05, 4.69) is 15.5 Å². The fraction of sp³-hybridized carbons (Fsp3) is 0.273. The van der Waals surface area contributed by atoms with Gasteiger partial charge >= 0.3 is 5.97 Å². The summed E-state index contributed by atoms with van der Waals surface area (Å²) in [5.74, 6) is -0.401. The molecular formula is C11H11ClN4O2S. The van der Waals surface area contributed by atoms with Gasteiger partial charge in [0, 0.05) is 10.8 Å². The third kappa shape index (κ3) is 3.68. The lowest BCUT2D eigenvalue weighted by atomic mass is 10.2. The number of tetrazole rings is 1. The van der Waals surface area contributed by atoms with E-state index in [0.29, 0.717) is 15.9 Å². The molecule has 0 fully saturated rings. The molecule has 0 amide bonds. The molecule has 1 aromatic heterocycles. The van der Waals surface area contributed by atoms with Gasteiger partial charge in [0.15, 0.2) is 0 Å². The number of halogens is 1. The number of carboxylic acid groups (broad SMARTS) is 1. The maximum Gasteiger partial charge on any atom is 0.325 e. The minimum atomic E-state index is -0.984. The third-order valence-electron chi connectivity index (χ3n) is 2.35. The van der Waals surface area contributed by atoms with Crippen LogP contribution in [0.4, 0.5) is 0 Å². The lowest BCUT2D eigenvalue weighted by Crippen LogP contribution is -2.11. The van der Waals surface area contributed by atoms with Gasteiger partial charge in [-0.25, -0.2) is 4.68 Å². The van der Waals surface area contributed by atoms with E-state index in [4.69, 9.17) is 16.7 Å². The van der Waals surface area contributed by atoms with Crippen molar-refractivity contribution in [1.29, 1.82) is 0 Å². The van der Waals surface area contributed by atoms with Gasteiger partial charge in [0.2, 0.25) is 5.16 Å². The number of rotatable bonds is 5. The Morgan fingerprint density at radius 1 is 1.53 bits per heavy atom. The van der Waals surface area contributed by atoms with Crippen molar-refractivity contribution in [3.05, 3.63) is 34.3 Å². The van der Waals surface area contributed by atoms with Crippen LogP contribution in [-0.2, 0) is 17.1 Å². The van der Waals surface area contributed by atoms with Gasteiger partial charge in [-0.05, 0) is 34.5 Å². The van der Waals surface area contributed by atoms with E-state index in [1.54, 1.807) is 0 Å². The van der Waals surface area contributed by atoms with E-state index in [-0.39, 0.29) is 6.54 Å². The summed E-state index contributed by atoms with van der Waals surface area (Å²) in [7, 11) is 0. The highest BCUT2D eigenvalue weighted by Gasteiger charge is 2.11. The Labute approximate surface area is 118 Å². The highest BCUT2D eigenvalue weighted by Crippen LogP contribution is 2.25. The Kier molecular flexibility index (Phi) is 4.39. The summed E-state index contributed by atoms with van der Waals surface area (Å²) in [6.07, 6.45) is 0. The molecule has 0 spiro atoms. The molecule has 0 saturated heterocycles. The van der Waals surface area contributed by atoms with Gasteiger partial charge in [0.25, 0.3) is 0 Å². The molecule has 8 heteroatoms. The summed E-state index contributed by atoms with van der Waals surface area (Å²) in [4.78, 5) is 10.6. The Morgan fingerprint density at radius 3 is 3.00 bits per heavy atom. The zero-order chi connectivity index (χ0) is 13.8. The summed E-state index contributed by atoms with van der Waals surface area (Å²) >= 11 is 7.48. The number of aromatic nitrogens is 4. The van der Waals surface area contributed by atoms with Crippen molar-refractivity contribution < 1.29 is 9.90 Å². The number of carboxylic acids is 1. The summed E-state index contributed by atoms with van der Waals surface area (Å²) in [5, 5.41) is 20.8. The topological polar surface area (TPSA) is 80.9 Å². The quantitative estimate of drug-likeness (QED) is 0.851. The second kappa shape index (κ2) is 6.03. The standard InChI is InChI=1S/C11H11ClN4O2S/c1-7-2-3-8(9(12)4-7)6-19-11-13-14-15-16(11)5-10(17)18/h2-4H,5-6H2,1H3,(H,17,18). The molecule has 0 aliphatic heterocycles. The van der Waals surface area contributed by atoms with E-state index in [0.717, 1.165) is 11.1 Å². The molecule has 0 unspecified atom stereocenters. The Morgan fingerprint density at radius 2 is 2.32 bits per heavy atom. The normalized spacial score (nSPS) is 10.6. The largest absolute Gasteiger partial charge is 0.480 e. The average molecular weight is 299 g/mol. The van der Waals surface area contributed by atoms with Crippen LogP contribution in [0.1, 0.15) is 11.1 Å². The van der Waals surface area contributed by atoms with Crippen molar-refractivity contribution >= 4 is 29.3 Å². The van der Waals surface area contributed by atoms with Gasteiger partial charge in [0.1, 0.15) is 6.54 Å². The highest BCUT2D eigenvalue weighted by molar-refractivity contribution is 7.98. The van der Waals surface area contributed by atoms with Gasteiger partial charge in [-0.3, -0.25) is 4.79 Å². The first-order valence-electron chi connectivity index (χ1n) is 5.42. The molecular weight excluding hydrogens is 288 g/mol. The van der Waals surface area contributed by atoms with Crippen molar-refractivity contribution in [3.63, 3.8) is 0 Å². The molecule has 100 valence electrons. The van der Waals surface area contributed by atoms with Crippen LogP contribution >= 0.6 is 23.4 Å². The molecule has 1 heterocycles. The molecule has 0 aliphatic rings. The average Bonchev–Trinajstić information content (AvgIpc) is 2.74. The fourth-order valence-electron chi connectivity index (χ4n) is 1.44. The van der Waals surface area contributed by atoms with Gasteiger partial charge in [-0.15, -0.1) is 5.10 Å². The summed E-state index contributed by atoms with van der Waals surface area (Å²) in [5.41, 5.74) is 2.05. The van der Waals surface area contributed by atoms with Crippen LogP contribution in [0.15, 0.2) is 23.4 Å². The van der Waals surface area contributed by atoms with Crippen LogP contribution in [0.2, 0.25) is 5.02 Å². The fourth-order valence-corrected chi connectivity index (χ4v) is 2.70. The molecule has 0 saturated carbocycles. The molecule has 19 heavy (non-hydrogen) atoms. The molecule has 2 rings (SSSR count). The zero-order valence-electron chi connectivity index (χ0n) is 10.1. The first-order valence-corrected chi connectivity index (χ1v) is 6.78. The minimum absolute atomic E-state index is 0.253. The molecule has 0 bridgehead atoms. The number of hydrogen-bond acceptors (Lipinski definition) is 5. The maximum absolute atomic E-state index is 10.6. The lowest BCUT2D eigenvalue weighted by Gasteiger charge is -2.05. The Hall–Kier alpha value is -1.60. The Balaban J connectivity index is 2.06. The summed E-state index contributed by atoms with van der Waals surface area (Å²) in [6.45, 7) is 1.72. The van der Waals surface area contributed by atoms with Crippen LogP contribution in [-0.4, -0.2) is 31.3 Å². The second-order valence-corrected chi connectivity index (χ2v) is 5.25. The van der Waals surface area contributed by atoms with Crippen molar-refractivity contribution in [2.45, 2.75) is 24.4 Å². The number of carbonyl (C=O) groups is 1. The van der Waals surface area contributed by atoms with Crippen molar-refractivity contribution in [2.75, 3.05) is 0 Å². The number of aliphatic carboxylic acids is 1. The molecule has 0 radical (unpaired) electrons. The van der Waals surface area contributed by atoms with Crippen LogP contribution < -0.4 is 0 Å². The number of benzene rings is 1. The van der Waals surface area contributed by atoms with Gasteiger partial charge in [-0.2, -0.15) is 0 Å². The summed E-state index contributed by atoms with van der Waals surface area (Å²) in [6, 6.07) is 5.80. The van der Waals surface area contributed by atoms with Crippen molar-refractivity contribution in [1.82, 2.24) is 20.2 Å². The van der Waals surface area contributed by atoms with Crippen LogP contribution in [0.25, 0.3) is 0 Å². The number of aryl methyl sites for hydroxylation is 1. The van der Waals surface area contributed by atoms with Crippen molar-refractivity contribution in [2.24, 2.45) is 0 Å². The highest BCUT2D eigenvalue weighted by atomic mass is 35.5. The van der Waals surface area contributed by atoms with Crippen molar-refractivity contribution in [3.8, 4) is 0 Å². The molecule has 1 aromatic carbocycles. The smallest absolute Gasteiger partial charge is 0.325 e. The number of nitrogens with zero attached hydrogens (tertiary/aromatic N) is 4. The van der Waals surface area contributed by atoms with Crippen LogP contribution in [0.5, 0.6) is 0 Å². The van der Waals surface area contributed by atoms with E-state index in [9.17, 15) is 4.79 Å². The first kappa shape index (κ1) is 13.8. The number of hydrogen-bond donors (Lipinski definition) is 1. The zero-order valence-corrected chi connectivity index (χ0v) is 11.6. The number of thioether (sulfide) groups is 1. The molecule has 0 atom stereocenters. The predicted molar refractivity (Wildman–Crippen MR) is 71.2 cm³/mol. The molecule has 0 aliphatic carbocycles. The lowest BCUT2D eigenvalue weighted by molar-refractivity contribution is -0.138. The first-order chi connectivity index (χ1) is 9.06. The minimum Gasteiger partial charge on any atom is -0.480 e. The summed E-state index contributed by atoms with van der Waals surface area (Å²) < 4.78 is 1.25. The van der Waals surface area contributed by atoms with Crippen LogP contribution in [0, 0.1) is 6.92 Å². The van der Waals surface area contributed by atoms with Gasteiger partial charge in [0.05, 0.1) is 0 Å². The SMILES string of the molecule is Cc1ccc(CSc2nnnn2CC(=O)O)c(Cl)c1. The molecule has 6 nitrogen and oxygen atoms in total. The maximum atomic E-state index is 10.6. The Bertz CT molecular complexity index is 602. The van der Waals surface area contributed by atoms with E-state index in [1.165, 1.54) is 16.4 Å². The molecule has 2 aromatic rings. The van der Waals surface area contributed by atoms with Gasteiger partial charge < -0.3 is 5.11 Å².